The van der Waals surface area contributed by atoms with Crippen LogP contribution in [0.4, 0.5) is 0 Å². The van der Waals surface area contributed by atoms with Crippen molar-refractivity contribution in [2.75, 3.05) is 7.11 Å². The van der Waals surface area contributed by atoms with E-state index >= 15 is 0 Å². The van der Waals surface area contributed by atoms with E-state index in [1.54, 1.807) is 12.1 Å². The zero-order valence-corrected chi connectivity index (χ0v) is 9.11. The van der Waals surface area contributed by atoms with Gasteiger partial charge in [-0.3, -0.25) is 4.79 Å². The predicted molar refractivity (Wildman–Crippen MR) is 56.9 cm³/mol. The van der Waals surface area contributed by atoms with Gasteiger partial charge in [-0.1, -0.05) is 0 Å². The number of carbonyl (C=O) groups is 2. The topological polar surface area (TPSA) is 67.2 Å². The monoisotopic (exact) mass is 217 g/mol. The Morgan fingerprint density at radius 2 is 2.06 bits per heavy atom. The van der Waals surface area contributed by atoms with Crippen LogP contribution < -0.4 is 0 Å². The van der Waals surface area contributed by atoms with E-state index in [9.17, 15) is 9.59 Å². The summed E-state index contributed by atoms with van der Waals surface area (Å²) >= 11 is 0. The average molecular weight is 217 g/mol. The zero-order chi connectivity index (χ0) is 12.1. The van der Waals surface area contributed by atoms with Gasteiger partial charge in [0.25, 0.3) is 0 Å². The van der Waals surface area contributed by atoms with Crippen molar-refractivity contribution in [2.45, 2.75) is 13.3 Å². The van der Waals surface area contributed by atoms with Gasteiger partial charge < -0.3 is 4.74 Å². The molecule has 0 bridgehead atoms. The van der Waals surface area contributed by atoms with Gasteiger partial charge in [0, 0.05) is 6.42 Å². The zero-order valence-electron chi connectivity index (χ0n) is 9.11. The summed E-state index contributed by atoms with van der Waals surface area (Å²) < 4.78 is 4.56. The molecule has 82 valence electrons. The number of hydrogen-bond acceptors (Lipinski definition) is 4. The summed E-state index contributed by atoms with van der Waals surface area (Å²) in [7, 11) is 1.27. The summed E-state index contributed by atoms with van der Waals surface area (Å²) in [4.78, 5) is 22.3. The first-order valence-corrected chi connectivity index (χ1v) is 4.68. The Labute approximate surface area is 93.5 Å². The second-order valence-electron chi connectivity index (χ2n) is 3.40. The Balaban J connectivity index is 3.16. The molecule has 0 unspecified atom stereocenters. The number of esters is 1. The van der Waals surface area contributed by atoms with E-state index in [4.69, 9.17) is 5.26 Å². The van der Waals surface area contributed by atoms with Gasteiger partial charge in [-0.15, -0.1) is 0 Å². The molecule has 0 aliphatic heterocycles. The standard InChI is InChI=1S/C12H11NO3/c1-8(14)3-9-4-10(7-13)6-11(5-9)12(15)16-2/h4-6H,3H2,1-2H3. The molecule has 0 amide bonds. The van der Waals surface area contributed by atoms with E-state index in [0.29, 0.717) is 11.1 Å². The summed E-state index contributed by atoms with van der Waals surface area (Å²) in [6.07, 6.45) is 0.208. The van der Waals surface area contributed by atoms with Crippen molar-refractivity contribution < 1.29 is 14.3 Å². The number of nitriles is 1. The normalized spacial score (nSPS) is 9.31. The molecule has 0 aliphatic carbocycles. The van der Waals surface area contributed by atoms with Crippen molar-refractivity contribution in [3.8, 4) is 6.07 Å². The van der Waals surface area contributed by atoms with Gasteiger partial charge in [-0.05, 0) is 30.7 Å². The van der Waals surface area contributed by atoms with Crippen molar-refractivity contribution in [1.29, 1.82) is 5.26 Å². The summed E-state index contributed by atoms with van der Waals surface area (Å²) in [6.45, 7) is 1.46. The number of nitrogens with zero attached hydrogens (tertiary/aromatic N) is 1. The maximum absolute atomic E-state index is 11.3. The molecule has 0 saturated heterocycles. The van der Waals surface area contributed by atoms with E-state index < -0.39 is 5.97 Å². The van der Waals surface area contributed by atoms with Gasteiger partial charge >= 0.3 is 5.97 Å². The van der Waals surface area contributed by atoms with Crippen LogP contribution in [0.25, 0.3) is 0 Å². The molecule has 4 heteroatoms. The fourth-order valence-electron chi connectivity index (χ4n) is 1.38. The van der Waals surface area contributed by atoms with Crippen LogP contribution in [0.3, 0.4) is 0 Å². The third-order valence-electron chi connectivity index (χ3n) is 2.00. The number of rotatable bonds is 3. The van der Waals surface area contributed by atoms with Crippen molar-refractivity contribution in [3.63, 3.8) is 0 Å². The molecule has 0 spiro atoms. The quantitative estimate of drug-likeness (QED) is 0.719. The van der Waals surface area contributed by atoms with Crippen molar-refractivity contribution in [3.05, 3.63) is 34.9 Å². The molecule has 0 fully saturated rings. The first-order chi connectivity index (χ1) is 7.56. The molecule has 0 radical (unpaired) electrons. The van der Waals surface area contributed by atoms with E-state index in [1.165, 1.54) is 20.1 Å². The minimum atomic E-state index is -0.512. The van der Waals surface area contributed by atoms with Crippen LogP contribution >= 0.6 is 0 Å². The predicted octanol–water partition coefficient (Wildman–Crippen LogP) is 1.48. The molecule has 0 aromatic heterocycles. The molecule has 0 atom stereocenters. The van der Waals surface area contributed by atoms with Gasteiger partial charge in [0.15, 0.2) is 0 Å². The molecule has 0 heterocycles. The van der Waals surface area contributed by atoms with E-state index in [2.05, 4.69) is 4.74 Å². The molecule has 16 heavy (non-hydrogen) atoms. The third-order valence-corrected chi connectivity index (χ3v) is 2.00. The van der Waals surface area contributed by atoms with E-state index in [1.807, 2.05) is 6.07 Å². The summed E-state index contributed by atoms with van der Waals surface area (Å²) in [5, 5.41) is 8.79. The summed E-state index contributed by atoms with van der Waals surface area (Å²) in [5.41, 5.74) is 1.28. The van der Waals surface area contributed by atoms with Gasteiger partial charge in [0.05, 0.1) is 24.3 Å². The van der Waals surface area contributed by atoms with Gasteiger partial charge in [0.1, 0.15) is 5.78 Å². The smallest absolute Gasteiger partial charge is 0.337 e. The van der Waals surface area contributed by atoms with Gasteiger partial charge in [-0.2, -0.15) is 5.26 Å². The lowest BCUT2D eigenvalue weighted by atomic mass is 10.0. The molecule has 1 aromatic rings. The first-order valence-electron chi connectivity index (χ1n) is 4.68. The average Bonchev–Trinajstić information content (AvgIpc) is 2.26. The molecule has 1 aromatic carbocycles. The lowest BCUT2D eigenvalue weighted by Crippen LogP contribution is -2.04. The van der Waals surface area contributed by atoms with Crippen LogP contribution in [0.2, 0.25) is 0 Å². The highest BCUT2D eigenvalue weighted by molar-refractivity contribution is 5.90. The number of ketones is 1. The molecular weight excluding hydrogens is 206 g/mol. The fourth-order valence-corrected chi connectivity index (χ4v) is 1.38. The SMILES string of the molecule is COC(=O)c1cc(C#N)cc(CC(C)=O)c1. The number of methoxy groups -OCH3 is 1. The highest BCUT2D eigenvalue weighted by Gasteiger charge is 2.09. The second-order valence-corrected chi connectivity index (χ2v) is 3.40. The molecule has 0 N–H and O–H groups in total. The Hall–Kier alpha value is -2.15. The molecule has 1 rings (SSSR count). The Morgan fingerprint density at radius 3 is 2.56 bits per heavy atom. The van der Waals surface area contributed by atoms with Crippen molar-refractivity contribution in [1.82, 2.24) is 0 Å². The molecule has 0 saturated carbocycles. The van der Waals surface area contributed by atoms with Crippen molar-refractivity contribution in [2.24, 2.45) is 0 Å². The van der Waals surface area contributed by atoms with Crippen LogP contribution in [-0.4, -0.2) is 18.9 Å². The number of ether oxygens (including phenoxy) is 1. The Kier molecular flexibility index (Phi) is 3.78. The lowest BCUT2D eigenvalue weighted by Gasteiger charge is -2.03. The van der Waals surface area contributed by atoms with Crippen molar-refractivity contribution >= 4 is 11.8 Å². The number of benzene rings is 1. The van der Waals surface area contributed by atoms with Crippen LogP contribution in [0, 0.1) is 11.3 Å². The molecule has 4 nitrogen and oxygen atoms in total. The Bertz CT molecular complexity index is 472. The largest absolute Gasteiger partial charge is 0.465 e. The van der Waals surface area contributed by atoms with E-state index in [-0.39, 0.29) is 17.8 Å². The maximum atomic E-state index is 11.3. The fraction of sp³-hybridized carbons (Fsp3) is 0.250. The summed E-state index contributed by atoms with van der Waals surface area (Å²) in [6, 6.07) is 6.54. The van der Waals surface area contributed by atoms with Crippen LogP contribution in [-0.2, 0) is 16.0 Å². The number of hydrogen-bond donors (Lipinski definition) is 0. The minimum absolute atomic E-state index is 0.0223. The number of Topliss-reactive ketones (excluding diaryl/α,β-unsaturated/α-hetero) is 1. The second kappa shape index (κ2) is 5.08. The first kappa shape index (κ1) is 11.9. The molecule has 0 aliphatic rings. The Morgan fingerprint density at radius 1 is 1.38 bits per heavy atom. The highest BCUT2D eigenvalue weighted by atomic mass is 16.5. The third kappa shape index (κ3) is 2.92. The number of carbonyl (C=O) groups excluding carboxylic acids is 2. The van der Waals surface area contributed by atoms with E-state index in [0.717, 1.165) is 0 Å². The van der Waals surface area contributed by atoms with Gasteiger partial charge in [-0.25, -0.2) is 4.79 Å². The lowest BCUT2D eigenvalue weighted by molar-refractivity contribution is -0.116. The summed E-state index contributed by atoms with van der Waals surface area (Å²) in [5.74, 6) is -0.534. The van der Waals surface area contributed by atoms with Crippen LogP contribution in [0.5, 0.6) is 0 Å². The highest BCUT2D eigenvalue weighted by Crippen LogP contribution is 2.12. The maximum Gasteiger partial charge on any atom is 0.337 e. The molecular formula is C12H11NO3. The van der Waals surface area contributed by atoms with Crippen LogP contribution in [0.1, 0.15) is 28.4 Å². The van der Waals surface area contributed by atoms with Gasteiger partial charge in [0.2, 0.25) is 0 Å². The minimum Gasteiger partial charge on any atom is -0.465 e. The van der Waals surface area contributed by atoms with Crippen LogP contribution in [0.15, 0.2) is 18.2 Å².